The lowest BCUT2D eigenvalue weighted by Crippen LogP contribution is -2.32. The predicted octanol–water partition coefficient (Wildman–Crippen LogP) is 2.68. The van der Waals surface area contributed by atoms with Crippen LogP contribution in [0.1, 0.15) is 11.1 Å². The van der Waals surface area contributed by atoms with Crippen LogP contribution in [0.2, 0.25) is 0 Å². The first-order valence-electron chi connectivity index (χ1n) is 7.84. The minimum atomic E-state index is -4.39. The molecule has 0 atom stereocenters. The number of imidazole rings is 1. The number of alkyl halides is 3. The molecule has 3 aromatic rings. The summed E-state index contributed by atoms with van der Waals surface area (Å²) in [7, 11) is 1.63. The van der Waals surface area contributed by atoms with E-state index in [1.807, 2.05) is 0 Å². The molecule has 2 aromatic carbocycles. The number of rotatable bonds is 4. The van der Waals surface area contributed by atoms with Crippen molar-refractivity contribution in [2.45, 2.75) is 19.3 Å². The number of aromatic nitrogens is 2. The molecule has 0 bridgehead atoms. The van der Waals surface area contributed by atoms with E-state index in [-0.39, 0.29) is 18.8 Å². The summed E-state index contributed by atoms with van der Waals surface area (Å²) in [5.74, 6) is -0.400. The van der Waals surface area contributed by atoms with Crippen molar-refractivity contribution in [1.29, 1.82) is 0 Å². The van der Waals surface area contributed by atoms with Crippen LogP contribution in [0.3, 0.4) is 0 Å². The van der Waals surface area contributed by atoms with Gasteiger partial charge in [0.1, 0.15) is 6.54 Å². The molecule has 0 spiro atoms. The Morgan fingerprint density at radius 3 is 2.27 bits per heavy atom. The minimum absolute atomic E-state index is 0.0798. The third-order valence-corrected chi connectivity index (χ3v) is 4.12. The molecule has 0 unspecified atom stereocenters. The van der Waals surface area contributed by atoms with E-state index in [9.17, 15) is 22.8 Å². The highest BCUT2D eigenvalue weighted by Crippen LogP contribution is 2.29. The van der Waals surface area contributed by atoms with Crippen molar-refractivity contribution in [3.05, 3.63) is 70.1 Å². The first-order valence-corrected chi connectivity index (χ1v) is 7.84. The quantitative estimate of drug-likeness (QED) is 0.775. The number of aryl methyl sites for hydroxylation is 1. The summed E-state index contributed by atoms with van der Waals surface area (Å²) in [6, 6.07) is 11.7. The highest BCUT2D eigenvalue weighted by molar-refractivity contribution is 5.80. The number of hydrogen-bond donors (Lipinski definition) is 1. The van der Waals surface area contributed by atoms with Crippen LogP contribution >= 0.6 is 0 Å². The van der Waals surface area contributed by atoms with Gasteiger partial charge < -0.3 is 5.32 Å². The maximum atomic E-state index is 12.5. The van der Waals surface area contributed by atoms with Crippen molar-refractivity contribution >= 4 is 16.9 Å². The molecule has 1 heterocycles. The second-order valence-corrected chi connectivity index (χ2v) is 5.89. The van der Waals surface area contributed by atoms with Crippen molar-refractivity contribution in [3.8, 4) is 0 Å². The maximum Gasteiger partial charge on any atom is 0.416 e. The number of halogens is 3. The molecule has 26 heavy (non-hydrogen) atoms. The Morgan fingerprint density at radius 1 is 1.04 bits per heavy atom. The van der Waals surface area contributed by atoms with Crippen molar-refractivity contribution in [3.63, 3.8) is 0 Å². The molecule has 0 radical (unpaired) electrons. The molecule has 1 aromatic heterocycles. The molecule has 0 fully saturated rings. The van der Waals surface area contributed by atoms with Crippen LogP contribution < -0.4 is 11.0 Å². The lowest BCUT2D eigenvalue weighted by molar-refractivity contribution is -0.137. The van der Waals surface area contributed by atoms with Gasteiger partial charge in [0, 0.05) is 13.6 Å². The first kappa shape index (κ1) is 17.8. The SMILES string of the molecule is Cn1c(=O)n(CC(=O)NCc2ccc(C(F)(F)F)cc2)c2ccccc21. The third-order valence-electron chi connectivity index (χ3n) is 4.12. The number of para-hydroxylation sites is 2. The van der Waals surface area contributed by atoms with Crippen LogP contribution in [0.5, 0.6) is 0 Å². The largest absolute Gasteiger partial charge is 0.416 e. The number of nitrogens with one attached hydrogen (secondary N) is 1. The zero-order valence-electron chi connectivity index (χ0n) is 13.9. The summed E-state index contributed by atoms with van der Waals surface area (Å²) < 4.78 is 40.4. The summed E-state index contributed by atoms with van der Waals surface area (Å²) in [5.41, 5.74) is 0.847. The molecule has 1 N–H and O–H groups in total. The molecule has 0 saturated carbocycles. The second-order valence-electron chi connectivity index (χ2n) is 5.89. The highest BCUT2D eigenvalue weighted by Gasteiger charge is 2.29. The first-order chi connectivity index (χ1) is 12.3. The van der Waals surface area contributed by atoms with Crippen LogP contribution in [0.4, 0.5) is 13.2 Å². The Balaban J connectivity index is 1.69. The number of carbonyl (C=O) groups excluding carboxylic acids is 1. The van der Waals surface area contributed by atoms with Gasteiger partial charge in [-0.05, 0) is 29.8 Å². The normalized spacial score (nSPS) is 11.7. The molecule has 136 valence electrons. The lowest BCUT2D eigenvalue weighted by atomic mass is 10.1. The zero-order valence-corrected chi connectivity index (χ0v) is 13.9. The maximum absolute atomic E-state index is 12.5. The molecule has 0 aliphatic carbocycles. The van der Waals surface area contributed by atoms with E-state index >= 15 is 0 Å². The van der Waals surface area contributed by atoms with Crippen LogP contribution in [-0.4, -0.2) is 15.0 Å². The van der Waals surface area contributed by atoms with Gasteiger partial charge >= 0.3 is 11.9 Å². The van der Waals surface area contributed by atoms with E-state index in [0.717, 1.165) is 12.1 Å². The van der Waals surface area contributed by atoms with Crippen molar-refractivity contribution in [2.24, 2.45) is 7.05 Å². The Kier molecular flexibility index (Phi) is 4.58. The minimum Gasteiger partial charge on any atom is -0.350 e. The molecule has 0 aliphatic heterocycles. The van der Waals surface area contributed by atoms with E-state index in [1.54, 1.807) is 31.3 Å². The van der Waals surface area contributed by atoms with Gasteiger partial charge in [0.15, 0.2) is 0 Å². The van der Waals surface area contributed by atoms with Crippen molar-refractivity contribution < 1.29 is 18.0 Å². The Hall–Kier alpha value is -3.03. The summed E-state index contributed by atoms with van der Waals surface area (Å²) in [6.07, 6.45) is -4.39. The molecule has 0 aliphatic rings. The van der Waals surface area contributed by atoms with Crippen LogP contribution in [0.15, 0.2) is 53.3 Å². The standard InChI is InChI=1S/C18H16F3N3O2/c1-23-14-4-2-3-5-15(14)24(17(23)26)11-16(25)22-10-12-6-8-13(9-7-12)18(19,20)21/h2-9H,10-11H2,1H3,(H,22,25). The van der Waals surface area contributed by atoms with E-state index in [4.69, 9.17) is 0 Å². The Morgan fingerprint density at radius 2 is 1.65 bits per heavy atom. The zero-order chi connectivity index (χ0) is 18.9. The predicted molar refractivity (Wildman–Crippen MR) is 90.5 cm³/mol. The lowest BCUT2D eigenvalue weighted by Gasteiger charge is -2.09. The average Bonchev–Trinajstić information content (AvgIpc) is 2.85. The number of fused-ring (bicyclic) bond motifs is 1. The molecule has 8 heteroatoms. The Labute approximate surface area is 146 Å². The number of benzene rings is 2. The highest BCUT2D eigenvalue weighted by atomic mass is 19.4. The van der Waals surface area contributed by atoms with Crippen molar-refractivity contribution in [1.82, 2.24) is 14.5 Å². The van der Waals surface area contributed by atoms with E-state index < -0.39 is 17.6 Å². The molecular formula is C18H16F3N3O2. The number of amides is 1. The Bertz CT molecular complexity index is 1000. The van der Waals surface area contributed by atoms with Gasteiger partial charge in [0.05, 0.1) is 16.6 Å². The van der Waals surface area contributed by atoms with Gasteiger partial charge in [-0.3, -0.25) is 13.9 Å². The van der Waals surface area contributed by atoms with Gasteiger partial charge in [-0.25, -0.2) is 4.79 Å². The molecule has 3 rings (SSSR count). The number of carbonyl (C=O) groups is 1. The van der Waals surface area contributed by atoms with Gasteiger partial charge in [-0.2, -0.15) is 13.2 Å². The van der Waals surface area contributed by atoms with E-state index in [0.29, 0.717) is 16.6 Å². The van der Waals surface area contributed by atoms with Gasteiger partial charge in [-0.1, -0.05) is 24.3 Å². The average molecular weight is 363 g/mol. The number of hydrogen-bond acceptors (Lipinski definition) is 2. The van der Waals surface area contributed by atoms with E-state index in [1.165, 1.54) is 21.3 Å². The monoisotopic (exact) mass is 363 g/mol. The topological polar surface area (TPSA) is 56.0 Å². The van der Waals surface area contributed by atoms with Crippen LogP contribution in [0.25, 0.3) is 11.0 Å². The van der Waals surface area contributed by atoms with Crippen LogP contribution in [0, 0.1) is 0 Å². The summed E-state index contributed by atoms with van der Waals surface area (Å²) in [5, 5.41) is 2.62. The van der Waals surface area contributed by atoms with Crippen molar-refractivity contribution in [2.75, 3.05) is 0 Å². The summed E-state index contributed by atoms with van der Waals surface area (Å²) in [6.45, 7) is -0.0860. The fourth-order valence-electron chi connectivity index (χ4n) is 2.73. The second kappa shape index (κ2) is 6.70. The third kappa shape index (κ3) is 3.49. The molecule has 0 saturated heterocycles. The molecule has 5 nitrogen and oxygen atoms in total. The van der Waals surface area contributed by atoms with Gasteiger partial charge in [0.2, 0.25) is 5.91 Å². The summed E-state index contributed by atoms with van der Waals surface area (Å²) in [4.78, 5) is 24.4. The molecule has 1 amide bonds. The molecular weight excluding hydrogens is 347 g/mol. The smallest absolute Gasteiger partial charge is 0.350 e. The fourth-order valence-corrected chi connectivity index (χ4v) is 2.73. The summed E-state index contributed by atoms with van der Waals surface area (Å²) >= 11 is 0. The van der Waals surface area contributed by atoms with Gasteiger partial charge in [0.25, 0.3) is 0 Å². The number of nitrogens with zero attached hydrogens (tertiary/aromatic N) is 2. The fraction of sp³-hybridized carbons (Fsp3) is 0.222. The van der Waals surface area contributed by atoms with Gasteiger partial charge in [-0.15, -0.1) is 0 Å². The van der Waals surface area contributed by atoms with Crippen LogP contribution in [-0.2, 0) is 31.1 Å². The van der Waals surface area contributed by atoms with E-state index in [2.05, 4.69) is 5.32 Å².